The highest BCUT2D eigenvalue weighted by atomic mass is 16.1. The fourth-order valence-corrected chi connectivity index (χ4v) is 0.549. The average molecular weight is 117 g/mol. The molecule has 0 unspecified atom stereocenters. The van der Waals surface area contributed by atoms with E-state index in [4.69, 9.17) is 5.73 Å². The molecule has 50 valence electrons. The lowest BCUT2D eigenvalue weighted by Crippen LogP contribution is -1.97. The van der Waals surface area contributed by atoms with Gasteiger partial charge in [-0.3, -0.25) is 0 Å². The number of hydrogen-bond acceptors (Lipinski definition) is 2. The van der Waals surface area contributed by atoms with Gasteiger partial charge in [0.25, 0.3) is 0 Å². The van der Waals surface area contributed by atoms with Crippen LogP contribution in [0.15, 0.2) is 0 Å². The Morgan fingerprint density at radius 3 is 2.62 bits per heavy atom. The molecule has 0 aromatic carbocycles. The van der Waals surface area contributed by atoms with Crippen molar-refractivity contribution in [1.29, 1.82) is 0 Å². The van der Waals surface area contributed by atoms with E-state index in [0.29, 0.717) is 6.42 Å². The Bertz CT molecular complexity index is 59.0. The zero-order valence-electron chi connectivity index (χ0n) is 5.10. The van der Waals surface area contributed by atoms with Gasteiger partial charge in [0.15, 0.2) is 0 Å². The maximum atomic E-state index is 9.74. The molecule has 2 heteroatoms. The van der Waals surface area contributed by atoms with E-state index in [1.165, 1.54) is 0 Å². The molecule has 0 bridgehead atoms. The predicted octanol–water partition coefficient (Wildman–Crippen LogP) is 0.950. The molecule has 0 heterocycles. The number of unbranched alkanes of at least 4 members (excludes halogenated alkanes) is 3. The molecule has 0 aromatic rings. The maximum absolute atomic E-state index is 9.74. The Kier molecular flexibility index (Phi) is 6.32. The molecule has 2 nitrogen and oxygen atoms in total. The summed E-state index contributed by atoms with van der Waals surface area (Å²) in [5, 5.41) is 0. The first-order chi connectivity index (χ1) is 3.91. The molecular formula is C6H15NO. The first-order valence-corrected chi connectivity index (χ1v) is 3.05. The summed E-state index contributed by atoms with van der Waals surface area (Å²) in [6, 6.07) is 0. The van der Waals surface area contributed by atoms with Gasteiger partial charge in [0, 0.05) is 7.85 Å². The zero-order valence-corrected chi connectivity index (χ0v) is 5.10. The van der Waals surface area contributed by atoms with Crippen LogP contribution in [0.5, 0.6) is 0 Å². The predicted molar refractivity (Wildman–Crippen MR) is 35.7 cm³/mol. The molecule has 0 aromatic heterocycles. The van der Waals surface area contributed by atoms with E-state index in [0.717, 1.165) is 32.1 Å². The smallest absolute Gasteiger partial charge is 0.119 e. The van der Waals surface area contributed by atoms with Crippen LogP contribution >= 0.6 is 0 Å². The highest BCUT2D eigenvalue weighted by molar-refractivity contribution is 5.48. The van der Waals surface area contributed by atoms with Gasteiger partial charge in [0.2, 0.25) is 0 Å². The topological polar surface area (TPSA) is 43.1 Å². The summed E-state index contributed by atoms with van der Waals surface area (Å²) < 4.78 is 0. The molecule has 0 radical (unpaired) electrons. The third-order valence-corrected chi connectivity index (χ3v) is 1.03. The Hall–Kier alpha value is -0.370. The van der Waals surface area contributed by atoms with E-state index in [1.807, 2.05) is 0 Å². The Balaban J connectivity index is 0. The van der Waals surface area contributed by atoms with Crippen molar-refractivity contribution in [2.24, 2.45) is 5.73 Å². The van der Waals surface area contributed by atoms with Crippen molar-refractivity contribution in [2.45, 2.75) is 25.7 Å². The van der Waals surface area contributed by atoms with Gasteiger partial charge < -0.3 is 10.5 Å². The molecule has 8 heavy (non-hydrogen) atoms. The van der Waals surface area contributed by atoms with Crippen LogP contribution < -0.4 is 5.73 Å². The van der Waals surface area contributed by atoms with Gasteiger partial charge in [-0.05, 0) is 19.4 Å². The van der Waals surface area contributed by atoms with Crippen LogP contribution in [0.1, 0.15) is 27.1 Å². The molecule has 0 aliphatic carbocycles. The highest BCUT2D eigenvalue weighted by Crippen LogP contribution is 1.94. The first-order valence-electron chi connectivity index (χ1n) is 3.05. The third-order valence-electron chi connectivity index (χ3n) is 1.03. The lowest BCUT2D eigenvalue weighted by atomic mass is 10.2. The zero-order chi connectivity index (χ0) is 6.24. The van der Waals surface area contributed by atoms with Crippen LogP contribution in [0.3, 0.4) is 0 Å². The second-order valence-corrected chi connectivity index (χ2v) is 1.80. The van der Waals surface area contributed by atoms with Crippen molar-refractivity contribution in [1.82, 2.24) is 0 Å². The summed E-state index contributed by atoms with van der Waals surface area (Å²) >= 11 is 0. The molecule has 0 fully saturated rings. The molecule has 0 rings (SSSR count). The molecule has 0 aliphatic heterocycles. The fraction of sp³-hybridized carbons (Fsp3) is 0.833. The van der Waals surface area contributed by atoms with Gasteiger partial charge in [0.1, 0.15) is 6.29 Å². The summed E-state index contributed by atoms with van der Waals surface area (Å²) in [6.45, 7) is 0.749. The van der Waals surface area contributed by atoms with Gasteiger partial charge in [-0.15, -0.1) is 0 Å². The summed E-state index contributed by atoms with van der Waals surface area (Å²) in [4.78, 5) is 9.74. The molecule has 0 atom stereocenters. The van der Waals surface area contributed by atoms with Crippen LogP contribution in [0.4, 0.5) is 0 Å². The number of hydrogen-bond donors (Lipinski definition) is 1. The van der Waals surface area contributed by atoms with Gasteiger partial charge in [-0.25, -0.2) is 0 Å². The quantitative estimate of drug-likeness (QED) is 0.430. The third kappa shape index (κ3) is 5.63. The summed E-state index contributed by atoms with van der Waals surface area (Å²) in [5.41, 5.74) is 5.22. The van der Waals surface area contributed by atoms with Gasteiger partial charge >= 0.3 is 0 Å². The Labute approximate surface area is 51.6 Å². The molecule has 0 saturated heterocycles. The molecular weight excluding hydrogens is 102 g/mol. The van der Waals surface area contributed by atoms with E-state index >= 15 is 0 Å². The second-order valence-electron chi connectivity index (χ2n) is 1.80. The second kappa shape index (κ2) is 6.63. The summed E-state index contributed by atoms with van der Waals surface area (Å²) in [5.74, 6) is 0. The summed E-state index contributed by atoms with van der Waals surface area (Å²) in [7, 11) is 0. The minimum Gasteiger partial charge on any atom is -0.330 e. The number of aldehydes is 1. The number of carbonyl (C=O) groups is 1. The van der Waals surface area contributed by atoms with Gasteiger partial charge in [0.05, 0.1) is 0 Å². The van der Waals surface area contributed by atoms with E-state index in [1.54, 1.807) is 0 Å². The van der Waals surface area contributed by atoms with E-state index in [2.05, 4.69) is 0 Å². The fourth-order valence-electron chi connectivity index (χ4n) is 0.549. The Morgan fingerprint density at radius 2 is 2.12 bits per heavy atom. The van der Waals surface area contributed by atoms with Crippen molar-refractivity contribution < 1.29 is 6.22 Å². The first kappa shape index (κ1) is 7.63. The van der Waals surface area contributed by atoms with Crippen molar-refractivity contribution >= 4 is 6.29 Å². The lowest BCUT2D eigenvalue weighted by molar-refractivity contribution is -0.107. The van der Waals surface area contributed by atoms with Crippen molar-refractivity contribution in [3.8, 4) is 0 Å². The van der Waals surface area contributed by atoms with Crippen LogP contribution in [-0.2, 0) is 4.79 Å². The normalized spacial score (nSPS) is 9.12. The number of rotatable bonds is 5. The van der Waals surface area contributed by atoms with Crippen molar-refractivity contribution in [3.05, 3.63) is 0 Å². The molecule has 0 saturated carbocycles. The number of nitrogens with two attached hydrogens (primary N) is 1. The van der Waals surface area contributed by atoms with Crippen molar-refractivity contribution in [2.75, 3.05) is 6.54 Å². The molecule has 0 spiro atoms. The van der Waals surface area contributed by atoms with Crippen LogP contribution in [0, 0.1) is 0 Å². The minimum absolute atomic E-state index is 0. The maximum Gasteiger partial charge on any atom is 0.119 e. The monoisotopic (exact) mass is 117 g/mol. The van der Waals surface area contributed by atoms with E-state index in [9.17, 15) is 4.79 Å². The van der Waals surface area contributed by atoms with Gasteiger partial charge in [-0.2, -0.15) is 0 Å². The number of carbonyl (C=O) groups excluding carboxylic acids is 1. The SMILES string of the molecule is NCCCCCC=O.[HH]. The van der Waals surface area contributed by atoms with E-state index in [-0.39, 0.29) is 1.43 Å². The average Bonchev–Trinajstić information content (AvgIpc) is 1.81. The highest BCUT2D eigenvalue weighted by Gasteiger charge is 1.83. The standard InChI is InChI=1S/C6H13NO.H2/c7-5-3-1-2-4-6-8;/h6H,1-5,7H2;1H. The summed E-state index contributed by atoms with van der Waals surface area (Å²) in [6.07, 6.45) is 4.79. The Morgan fingerprint density at radius 1 is 1.38 bits per heavy atom. The van der Waals surface area contributed by atoms with Crippen LogP contribution in [0.25, 0.3) is 0 Å². The van der Waals surface area contributed by atoms with Gasteiger partial charge in [-0.1, -0.05) is 6.42 Å². The van der Waals surface area contributed by atoms with Crippen molar-refractivity contribution in [3.63, 3.8) is 0 Å². The molecule has 0 amide bonds. The molecule has 2 N–H and O–H groups in total. The molecule has 0 aliphatic rings. The van der Waals surface area contributed by atoms with Crippen LogP contribution in [-0.4, -0.2) is 12.8 Å². The minimum atomic E-state index is 0. The largest absolute Gasteiger partial charge is 0.330 e. The van der Waals surface area contributed by atoms with E-state index < -0.39 is 0 Å². The lowest BCUT2D eigenvalue weighted by Gasteiger charge is -1.90. The van der Waals surface area contributed by atoms with Crippen LogP contribution in [0.2, 0.25) is 0 Å².